The fraction of sp³-hybridized carbons (Fsp3) is 1.00. The molecule has 0 spiro atoms. The minimum absolute atomic E-state index is 0.682. The highest BCUT2D eigenvalue weighted by Gasteiger charge is 2.56. The molecule has 4 aliphatic rings. The molecule has 0 N–H and O–H groups in total. The van der Waals surface area contributed by atoms with E-state index in [1.807, 2.05) is 0 Å². The highest BCUT2D eigenvalue weighted by Crippen LogP contribution is 2.64. The first kappa shape index (κ1) is 20.3. The van der Waals surface area contributed by atoms with Gasteiger partial charge in [0.05, 0.1) is 0 Å². The molecule has 0 nitrogen and oxygen atoms in total. The lowest BCUT2D eigenvalue weighted by Gasteiger charge is -2.62. The van der Waals surface area contributed by atoms with Gasteiger partial charge in [-0.25, -0.2) is 0 Å². The van der Waals surface area contributed by atoms with Crippen LogP contribution in [0.4, 0.5) is 0 Å². The van der Waals surface area contributed by atoms with Gasteiger partial charge in [0.2, 0.25) is 0 Å². The average molecular weight is 373 g/mol. The molecule has 0 saturated heterocycles. The van der Waals surface area contributed by atoms with Crippen LogP contribution in [0.1, 0.15) is 129 Å². The molecule has 4 aliphatic carbocycles. The van der Waals surface area contributed by atoms with Gasteiger partial charge in [-0.2, -0.15) is 0 Å². The Hall–Kier alpha value is 0. The Morgan fingerprint density at radius 3 is 2.00 bits per heavy atom. The van der Waals surface area contributed by atoms with Crippen molar-refractivity contribution < 1.29 is 0 Å². The summed E-state index contributed by atoms with van der Waals surface area (Å²) in [5.74, 6) is 6.47. The molecule has 0 aromatic rings. The molecule has 0 bridgehead atoms. The molecular formula is C27H48. The van der Waals surface area contributed by atoms with E-state index in [2.05, 4.69) is 13.8 Å². The van der Waals surface area contributed by atoms with Crippen molar-refractivity contribution in [2.75, 3.05) is 0 Å². The maximum atomic E-state index is 2.86. The van der Waals surface area contributed by atoms with Crippen LogP contribution in [0.2, 0.25) is 0 Å². The Kier molecular flexibility index (Phi) is 6.92. The average Bonchev–Trinajstić information content (AvgIpc) is 2.74. The standard InChI is InChI=1S/C27H48/c1-3-4-18-26-24(21-13-7-5-8-14-21)20-22-15-11-12-19-25(22)27(26,2)23-16-9-6-10-17-23/h21-26H,3-20H2,1-2H3. The van der Waals surface area contributed by atoms with Crippen LogP contribution in [0.5, 0.6) is 0 Å². The third kappa shape index (κ3) is 4.02. The van der Waals surface area contributed by atoms with Crippen molar-refractivity contribution in [2.45, 2.75) is 129 Å². The summed E-state index contributed by atoms with van der Waals surface area (Å²) < 4.78 is 0. The maximum Gasteiger partial charge on any atom is -0.0236 e. The summed E-state index contributed by atoms with van der Waals surface area (Å²) in [7, 11) is 0. The first-order valence-corrected chi connectivity index (χ1v) is 13.2. The zero-order valence-electron chi connectivity index (χ0n) is 18.7. The predicted molar refractivity (Wildman–Crippen MR) is 118 cm³/mol. The summed E-state index contributed by atoms with van der Waals surface area (Å²) in [6.07, 6.45) is 27.8. The van der Waals surface area contributed by atoms with E-state index >= 15 is 0 Å². The monoisotopic (exact) mass is 372 g/mol. The van der Waals surface area contributed by atoms with E-state index in [-0.39, 0.29) is 0 Å². The molecule has 0 amide bonds. The maximum absolute atomic E-state index is 2.86. The van der Waals surface area contributed by atoms with Gasteiger partial charge in [0.15, 0.2) is 0 Å². The topological polar surface area (TPSA) is 0 Å². The highest BCUT2D eigenvalue weighted by molar-refractivity contribution is 5.05. The highest BCUT2D eigenvalue weighted by atomic mass is 14.6. The summed E-state index contributed by atoms with van der Waals surface area (Å²) in [6.45, 7) is 5.29. The van der Waals surface area contributed by atoms with Gasteiger partial charge >= 0.3 is 0 Å². The summed E-state index contributed by atoms with van der Waals surface area (Å²) in [5, 5.41) is 0. The summed E-state index contributed by atoms with van der Waals surface area (Å²) in [4.78, 5) is 0. The normalized spacial score (nSPS) is 42.0. The van der Waals surface area contributed by atoms with Gasteiger partial charge in [-0.1, -0.05) is 97.3 Å². The van der Waals surface area contributed by atoms with Gasteiger partial charge in [-0.3, -0.25) is 0 Å². The van der Waals surface area contributed by atoms with Crippen LogP contribution in [-0.2, 0) is 0 Å². The minimum atomic E-state index is 0.682. The van der Waals surface area contributed by atoms with Crippen molar-refractivity contribution in [1.29, 1.82) is 0 Å². The van der Waals surface area contributed by atoms with E-state index in [9.17, 15) is 0 Å². The van der Waals surface area contributed by atoms with Gasteiger partial charge in [0, 0.05) is 0 Å². The van der Waals surface area contributed by atoms with Gasteiger partial charge < -0.3 is 0 Å². The van der Waals surface area contributed by atoms with Crippen molar-refractivity contribution in [2.24, 2.45) is 40.9 Å². The zero-order valence-corrected chi connectivity index (χ0v) is 18.7. The molecule has 0 aromatic carbocycles. The van der Waals surface area contributed by atoms with Crippen LogP contribution in [-0.4, -0.2) is 0 Å². The van der Waals surface area contributed by atoms with Crippen LogP contribution in [0.3, 0.4) is 0 Å². The minimum Gasteiger partial charge on any atom is -0.0654 e. The van der Waals surface area contributed by atoms with Gasteiger partial charge in [0.1, 0.15) is 0 Å². The summed E-state index contributed by atoms with van der Waals surface area (Å²) >= 11 is 0. The number of fused-ring (bicyclic) bond motifs is 1. The Morgan fingerprint density at radius 2 is 1.30 bits per heavy atom. The van der Waals surface area contributed by atoms with Gasteiger partial charge in [-0.15, -0.1) is 0 Å². The lowest BCUT2D eigenvalue weighted by Crippen LogP contribution is -2.54. The van der Waals surface area contributed by atoms with Crippen molar-refractivity contribution in [3.8, 4) is 0 Å². The van der Waals surface area contributed by atoms with Crippen molar-refractivity contribution in [3.63, 3.8) is 0 Å². The van der Waals surface area contributed by atoms with E-state index in [4.69, 9.17) is 0 Å². The first-order chi connectivity index (χ1) is 13.2. The van der Waals surface area contributed by atoms with E-state index in [0.717, 1.165) is 35.5 Å². The van der Waals surface area contributed by atoms with E-state index in [1.165, 1.54) is 57.8 Å². The SMILES string of the molecule is CCCCC1C(C2CCCCC2)CC2CCCCC2C1(C)C1CCCCC1. The van der Waals surface area contributed by atoms with Crippen molar-refractivity contribution in [1.82, 2.24) is 0 Å². The lowest BCUT2D eigenvalue weighted by atomic mass is 9.43. The lowest BCUT2D eigenvalue weighted by molar-refractivity contribution is -0.128. The second-order valence-electron chi connectivity index (χ2n) is 11.4. The molecule has 156 valence electrons. The van der Waals surface area contributed by atoms with Gasteiger partial charge in [-0.05, 0) is 73.0 Å². The predicted octanol–water partition coefficient (Wildman–Crippen LogP) is 8.79. The summed E-state index contributed by atoms with van der Waals surface area (Å²) in [5.41, 5.74) is 0.682. The number of unbranched alkanes of at least 4 members (excludes halogenated alkanes) is 1. The number of hydrogen-bond acceptors (Lipinski definition) is 0. The third-order valence-electron chi connectivity index (χ3n) is 10.2. The first-order valence-electron chi connectivity index (χ1n) is 13.2. The third-order valence-corrected chi connectivity index (χ3v) is 10.2. The quantitative estimate of drug-likeness (QED) is 0.452. The molecule has 0 heterocycles. The molecule has 4 fully saturated rings. The smallest absolute Gasteiger partial charge is 0.0236 e. The molecule has 4 saturated carbocycles. The fourth-order valence-electron chi connectivity index (χ4n) is 8.92. The fourth-order valence-corrected chi connectivity index (χ4v) is 8.92. The Labute approximate surface area is 170 Å². The van der Waals surface area contributed by atoms with E-state index in [1.54, 1.807) is 57.8 Å². The number of rotatable bonds is 5. The molecule has 5 atom stereocenters. The molecule has 5 unspecified atom stereocenters. The van der Waals surface area contributed by atoms with Crippen LogP contribution < -0.4 is 0 Å². The Morgan fingerprint density at radius 1 is 0.704 bits per heavy atom. The Bertz CT molecular complexity index is 441. The van der Waals surface area contributed by atoms with Crippen molar-refractivity contribution in [3.05, 3.63) is 0 Å². The molecule has 0 heteroatoms. The van der Waals surface area contributed by atoms with Crippen LogP contribution in [0.25, 0.3) is 0 Å². The van der Waals surface area contributed by atoms with Gasteiger partial charge in [0.25, 0.3) is 0 Å². The summed E-state index contributed by atoms with van der Waals surface area (Å²) in [6, 6.07) is 0. The molecule has 0 radical (unpaired) electrons. The zero-order chi connectivity index (χ0) is 18.7. The second kappa shape index (κ2) is 9.21. The van der Waals surface area contributed by atoms with E-state index in [0.29, 0.717) is 5.41 Å². The Balaban J connectivity index is 1.66. The molecule has 0 aliphatic heterocycles. The second-order valence-corrected chi connectivity index (χ2v) is 11.4. The van der Waals surface area contributed by atoms with Crippen LogP contribution in [0, 0.1) is 40.9 Å². The molecule has 0 aromatic heterocycles. The van der Waals surface area contributed by atoms with Crippen LogP contribution >= 0.6 is 0 Å². The number of hydrogen-bond donors (Lipinski definition) is 0. The van der Waals surface area contributed by atoms with Crippen molar-refractivity contribution >= 4 is 0 Å². The molecular weight excluding hydrogens is 324 g/mol. The largest absolute Gasteiger partial charge is 0.0654 e. The van der Waals surface area contributed by atoms with Crippen LogP contribution in [0.15, 0.2) is 0 Å². The molecule has 27 heavy (non-hydrogen) atoms. The molecule has 4 rings (SSSR count). The van der Waals surface area contributed by atoms with E-state index < -0.39 is 0 Å².